The Morgan fingerprint density at radius 3 is 2.55 bits per heavy atom. The van der Waals surface area contributed by atoms with E-state index in [1.165, 1.54) is 6.92 Å². The topological polar surface area (TPSA) is 126 Å². The monoisotopic (exact) mass is 523 g/mol. The largest absolute Gasteiger partial charge is 0.504 e. The molecule has 1 heterocycles. The predicted molar refractivity (Wildman–Crippen MR) is 136 cm³/mol. The van der Waals surface area contributed by atoms with Gasteiger partial charge in [0.15, 0.2) is 17.6 Å². The van der Waals surface area contributed by atoms with Gasteiger partial charge in [-0.25, -0.2) is 9.59 Å². The van der Waals surface area contributed by atoms with Crippen LogP contribution >= 0.6 is 0 Å². The number of aliphatic hydroxyl groups is 2. The van der Waals surface area contributed by atoms with Crippen molar-refractivity contribution >= 4 is 11.9 Å². The maximum Gasteiger partial charge on any atom is 0.357 e. The van der Waals surface area contributed by atoms with Crippen molar-refractivity contribution in [2.45, 2.75) is 69.0 Å². The number of esters is 2. The van der Waals surface area contributed by atoms with E-state index in [0.29, 0.717) is 24.1 Å². The van der Waals surface area contributed by atoms with Gasteiger partial charge >= 0.3 is 11.9 Å². The fourth-order valence-electron chi connectivity index (χ4n) is 6.16. The highest BCUT2D eigenvalue weighted by Crippen LogP contribution is 2.62. The first-order chi connectivity index (χ1) is 18.0. The number of benzene rings is 2. The van der Waals surface area contributed by atoms with Gasteiger partial charge in [-0.05, 0) is 51.6 Å². The molecule has 0 bridgehead atoms. The van der Waals surface area contributed by atoms with E-state index in [9.17, 15) is 24.9 Å². The highest BCUT2D eigenvalue weighted by Gasteiger charge is 2.68. The van der Waals surface area contributed by atoms with Crippen molar-refractivity contribution in [2.75, 3.05) is 13.6 Å². The Labute approximate surface area is 221 Å². The van der Waals surface area contributed by atoms with Crippen LogP contribution in [0.25, 0.3) is 0 Å². The second-order valence-electron chi connectivity index (χ2n) is 10.5. The van der Waals surface area contributed by atoms with Crippen LogP contribution in [-0.2, 0) is 30.9 Å². The van der Waals surface area contributed by atoms with Gasteiger partial charge in [-0.1, -0.05) is 43.3 Å². The summed E-state index contributed by atoms with van der Waals surface area (Å²) in [6, 6.07) is 11.6. The second-order valence-corrected chi connectivity index (χ2v) is 10.5. The second kappa shape index (κ2) is 9.41. The third-order valence-electron chi connectivity index (χ3n) is 8.38. The highest BCUT2D eigenvalue weighted by atomic mass is 16.6. The molecule has 3 N–H and O–H groups in total. The summed E-state index contributed by atoms with van der Waals surface area (Å²) in [6.45, 7) is 5.87. The molecule has 5 rings (SSSR count). The van der Waals surface area contributed by atoms with Gasteiger partial charge in [-0.3, -0.25) is 0 Å². The third kappa shape index (κ3) is 3.80. The molecular formula is C29H33NO8. The summed E-state index contributed by atoms with van der Waals surface area (Å²) in [6.07, 6.45) is -1.37. The maximum absolute atomic E-state index is 13.5. The first kappa shape index (κ1) is 26.2. The van der Waals surface area contributed by atoms with Gasteiger partial charge in [0.2, 0.25) is 6.10 Å². The van der Waals surface area contributed by atoms with Crippen molar-refractivity contribution in [3.8, 4) is 11.5 Å². The van der Waals surface area contributed by atoms with Crippen molar-refractivity contribution in [2.24, 2.45) is 0 Å². The van der Waals surface area contributed by atoms with Gasteiger partial charge in [0, 0.05) is 23.6 Å². The van der Waals surface area contributed by atoms with Crippen LogP contribution in [0.3, 0.4) is 0 Å². The molecule has 2 aromatic carbocycles. The van der Waals surface area contributed by atoms with E-state index < -0.39 is 41.3 Å². The molecule has 6 atom stereocenters. The lowest BCUT2D eigenvalue weighted by Gasteiger charge is -2.56. The van der Waals surface area contributed by atoms with Crippen LogP contribution in [0, 0.1) is 0 Å². The quantitative estimate of drug-likeness (QED) is 0.470. The molecule has 9 heteroatoms. The molecule has 3 aliphatic rings. The highest BCUT2D eigenvalue weighted by molar-refractivity contribution is 5.83. The summed E-state index contributed by atoms with van der Waals surface area (Å²) in [5.41, 5.74) is -0.261. The van der Waals surface area contributed by atoms with Crippen molar-refractivity contribution < 1.29 is 39.1 Å². The van der Waals surface area contributed by atoms with Crippen LogP contribution < -0.4 is 4.74 Å². The Kier molecular flexibility index (Phi) is 6.49. The van der Waals surface area contributed by atoms with Gasteiger partial charge in [0.1, 0.15) is 11.9 Å². The lowest BCUT2D eigenvalue weighted by Crippen LogP contribution is -2.69. The van der Waals surface area contributed by atoms with Crippen LogP contribution in [0.4, 0.5) is 0 Å². The summed E-state index contributed by atoms with van der Waals surface area (Å²) < 4.78 is 17.4. The zero-order valence-electron chi connectivity index (χ0n) is 21.9. The Balaban J connectivity index is 1.54. The molecule has 0 saturated heterocycles. The molecule has 1 aliphatic heterocycles. The Bertz CT molecular complexity index is 1290. The van der Waals surface area contributed by atoms with Gasteiger partial charge in [0.05, 0.1) is 11.0 Å². The average Bonchev–Trinajstić information content (AvgIpc) is 3.24. The lowest BCUT2D eigenvalue weighted by molar-refractivity contribution is -0.174. The number of hydrogen-bond acceptors (Lipinski definition) is 9. The maximum atomic E-state index is 13.5. The van der Waals surface area contributed by atoms with Crippen LogP contribution in [-0.4, -0.2) is 69.6 Å². The summed E-state index contributed by atoms with van der Waals surface area (Å²) in [5.74, 6) is -1.45. The molecule has 0 saturated carbocycles. The molecule has 9 nitrogen and oxygen atoms in total. The normalized spacial score (nSPS) is 28.6. The molecule has 0 spiro atoms. The first-order valence-electron chi connectivity index (χ1n) is 12.8. The molecule has 0 amide bonds. The molecule has 2 aromatic rings. The zero-order chi connectivity index (χ0) is 27.4. The Morgan fingerprint density at radius 2 is 1.89 bits per heavy atom. The smallest absolute Gasteiger partial charge is 0.357 e. The number of rotatable bonds is 7. The number of aromatic hydroxyl groups is 1. The molecule has 0 unspecified atom stereocenters. The number of carbonyl (C=O) groups excluding carboxylic acids is 2. The lowest BCUT2D eigenvalue weighted by atomic mass is 9.54. The number of likely N-dealkylation sites (N-methyl/N-ethyl adjacent to an activating group) is 1. The van der Waals surface area contributed by atoms with E-state index in [1.807, 2.05) is 27.0 Å². The van der Waals surface area contributed by atoms with Crippen LogP contribution in [0.1, 0.15) is 50.0 Å². The average molecular weight is 524 g/mol. The fraction of sp³-hybridized carbons (Fsp3) is 0.448. The summed E-state index contributed by atoms with van der Waals surface area (Å²) >= 11 is 0. The minimum Gasteiger partial charge on any atom is -0.504 e. The van der Waals surface area contributed by atoms with Crippen molar-refractivity contribution in [3.63, 3.8) is 0 Å². The number of ether oxygens (including phenoxy) is 3. The van der Waals surface area contributed by atoms with Crippen LogP contribution in [0.15, 0.2) is 54.3 Å². The van der Waals surface area contributed by atoms with Crippen molar-refractivity contribution in [1.82, 2.24) is 4.90 Å². The number of phenolic OH excluding ortho intramolecular Hbond substituents is 1. The van der Waals surface area contributed by atoms with Crippen LogP contribution in [0.2, 0.25) is 0 Å². The van der Waals surface area contributed by atoms with Crippen molar-refractivity contribution in [3.05, 3.63) is 71.0 Å². The van der Waals surface area contributed by atoms with E-state index in [2.05, 4.69) is 4.90 Å². The van der Waals surface area contributed by atoms with Gasteiger partial charge in [0.25, 0.3) is 0 Å². The number of nitrogens with zero attached hydrogens (tertiary/aromatic N) is 1. The summed E-state index contributed by atoms with van der Waals surface area (Å²) in [4.78, 5) is 27.8. The Morgan fingerprint density at radius 1 is 1.18 bits per heavy atom. The Hall–Kier alpha value is -3.40. The summed E-state index contributed by atoms with van der Waals surface area (Å²) in [5, 5.41) is 32.6. The molecule has 202 valence electrons. The molecule has 38 heavy (non-hydrogen) atoms. The van der Waals surface area contributed by atoms with E-state index in [1.54, 1.807) is 42.5 Å². The molecule has 0 radical (unpaired) electrons. The van der Waals surface area contributed by atoms with E-state index in [0.717, 1.165) is 5.56 Å². The number of aliphatic hydroxyl groups excluding tert-OH is 1. The van der Waals surface area contributed by atoms with E-state index in [-0.39, 0.29) is 29.7 Å². The predicted octanol–water partition coefficient (Wildman–Crippen LogP) is 2.51. The summed E-state index contributed by atoms with van der Waals surface area (Å²) in [7, 11) is 1.96. The van der Waals surface area contributed by atoms with Gasteiger partial charge < -0.3 is 34.4 Å². The third-order valence-corrected chi connectivity index (χ3v) is 8.38. The number of phenols is 1. The van der Waals surface area contributed by atoms with Gasteiger partial charge in [-0.2, -0.15) is 0 Å². The fourth-order valence-corrected chi connectivity index (χ4v) is 6.16. The van der Waals surface area contributed by atoms with Crippen LogP contribution in [0.5, 0.6) is 11.5 Å². The SMILES string of the molecule is CCN(C)[C@@H]1Cc2ccc(O)c3c2[C@@]2(C)[C@@H](O3)C(OC(=O)[C@@H](OC(=O)[C@H](C)O)c3ccccc3)=CC[C@@]12O. The minimum atomic E-state index is -1.43. The van der Waals surface area contributed by atoms with Gasteiger partial charge in [-0.15, -0.1) is 0 Å². The zero-order valence-corrected chi connectivity index (χ0v) is 21.9. The number of carbonyl (C=O) groups is 2. The minimum absolute atomic E-state index is 0.0530. The molecular weight excluding hydrogens is 490 g/mol. The standard InChI is InChI=1S/C29H33NO8/c1-5-30(4)21-15-18-11-12-19(32)24-22(18)28(3)25(37-24)20(13-14-29(21,28)35)36-27(34)23(38-26(33)16(2)31)17-9-7-6-8-10-17/h6-13,16,21,23,25,31-32,35H,5,14-15H2,1-4H3/t16-,21+,23-,25-,28-,29+/m0/s1. The van der Waals surface area contributed by atoms with Crippen molar-refractivity contribution in [1.29, 1.82) is 0 Å². The van der Waals surface area contributed by atoms with E-state index >= 15 is 0 Å². The number of hydrogen-bond donors (Lipinski definition) is 3. The molecule has 0 fully saturated rings. The molecule has 0 aromatic heterocycles. The first-order valence-corrected chi connectivity index (χ1v) is 12.8. The molecule has 2 aliphatic carbocycles. The van der Waals surface area contributed by atoms with E-state index in [4.69, 9.17) is 14.2 Å².